The van der Waals surface area contributed by atoms with Crippen molar-refractivity contribution < 1.29 is 19.4 Å². The van der Waals surface area contributed by atoms with E-state index in [1.54, 1.807) is 0 Å². The van der Waals surface area contributed by atoms with Crippen LogP contribution in [-0.4, -0.2) is 30.8 Å². The highest BCUT2D eigenvalue weighted by Crippen LogP contribution is 2.36. The van der Waals surface area contributed by atoms with Crippen molar-refractivity contribution in [1.82, 2.24) is 5.32 Å². The molecule has 7 heteroatoms. The van der Waals surface area contributed by atoms with Crippen LogP contribution in [0.1, 0.15) is 23.7 Å². The van der Waals surface area contributed by atoms with E-state index in [0.717, 1.165) is 6.42 Å². The van der Waals surface area contributed by atoms with Gasteiger partial charge in [0.05, 0.1) is 17.8 Å². The number of halogens is 1. The van der Waals surface area contributed by atoms with Crippen LogP contribution in [0.5, 0.6) is 5.75 Å². The highest BCUT2D eigenvalue weighted by Gasteiger charge is 2.32. The summed E-state index contributed by atoms with van der Waals surface area (Å²) in [6.45, 7) is 2.76. The number of benzene rings is 1. The Morgan fingerprint density at radius 1 is 1.48 bits per heavy atom. The molecule has 1 aliphatic rings. The van der Waals surface area contributed by atoms with Gasteiger partial charge in [0, 0.05) is 12.6 Å². The summed E-state index contributed by atoms with van der Waals surface area (Å²) in [6.07, 6.45) is 1.13. The summed E-state index contributed by atoms with van der Waals surface area (Å²) in [5.41, 5.74) is 0.250. The number of methoxy groups -OCH3 is 1. The van der Waals surface area contributed by atoms with Crippen LogP contribution in [0.15, 0.2) is 12.1 Å². The smallest absolute Gasteiger partial charge is 0.339 e. The van der Waals surface area contributed by atoms with Crippen molar-refractivity contribution in [2.75, 3.05) is 19.0 Å². The molecular weight excluding hydrogens is 296 g/mol. The van der Waals surface area contributed by atoms with Crippen molar-refractivity contribution >= 4 is 29.3 Å². The lowest BCUT2D eigenvalue weighted by molar-refractivity contribution is 0.0693. The molecule has 0 spiro atoms. The average molecular weight is 313 g/mol. The number of carboxylic acid groups (broad SMARTS) is 1. The average Bonchev–Trinajstić information content (AvgIpc) is 3.14. The van der Waals surface area contributed by atoms with Gasteiger partial charge < -0.3 is 20.5 Å². The van der Waals surface area contributed by atoms with Crippen LogP contribution in [-0.2, 0) is 0 Å². The molecular formula is C14H17ClN2O4. The van der Waals surface area contributed by atoms with Gasteiger partial charge >= 0.3 is 12.0 Å². The zero-order valence-electron chi connectivity index (χ0n) is 11.8. The van der Waals surface area contributed by atoms with Crippen LogP contribution in [0.2, 0.25) is 5.02 Å². The van der Waals surface area contributed by atoms with Gasteiger partial charge in [-0.2, -0.15) is 0 Å². The number of ether oxygens (including phenoxy) is 1. The van der Waals surface area contributed by atoms with E-state index < -0.39 is 5.97 Å². The van der Waals surface area contributed by atoms with Crippen LogP contribution >= 0.6 is 11.6 Å². The Kier molecular flexibility index (Phi) is 4.57. The Labute approximate surface area is 127 Å². The molecule has 3 N–H and O–H groups in total. The molecule has 1 aliphatic carbocycles. The molecule has 0 aromatic heterocycles. The molecule has 0 saturated heterocycles. The third kappa shape index (κ3) is 3.78. The summed E-state index contributed by atoms with van der Waals surface area (Å²) in [4.78, 5) is 22.8. The first-order chi connectivity index (χ1) is 9.92. The van der Waals surface area contributed by atoms with Gasteiger partial charge in [-0.05, 0) is 24.3 Å². The molecule has 21 heavy (non-hydrogen) atoms. The maximum absolute atomic E-state index is 11.8. The van der Waals surface area contributed by atoms with Gasteiger partial charge in [-0.15, -0.1) is 0 Å². The maximum Gasteiger partial charge on any atom is 0.339 e. The number of carbonyl (C=O) groups is 2. The zero-order valence-corrected chi connectivity index (χ0v) is 12.5. The lowest BCUT2D eigenvalue weighted by Gasteiger charge is -2.12. The number of hydrogen-bond donors (Lipinski definition) is 3. The van der Waals surface area contributed by atoms with Crippen LogP contribution in [0.4, 0.5) is 10.5 Å². The van der Waals surface area contributed by atoms with Gasteiger partial charge in [-0.25, -0.2) is 9.59 Å². The lowest BCUT2D eigenvalue weighted by atomic mass is 10.2. The first-order valence-electron chi connectivity index (χ1n) is 6.58. The van der Waals surface area contributed by atoms with E-state index in [0.29, 0.717) is 24.1 Å². The highest BCUT2D eigenvalue weighted by atomic mass is 35.5. The fourth-order valence-corrected chi connectivity index (χ4v) is 2.27. The number of carboxylic acids is 1. The normalized spacial score (nSPS) is 19.8. The van der Waals surface area contributed by atoms with Crippen molar-refractivity contribution in [3.8, 4) is 5.75 Å². The van der Waals surface area contributed by atoms with Gasteiger partial charge in [0.25, 0.3) is 0 Å². The number of urea groups is 1. The van der Waals surface area contributed by atoms with E-state index in [-0.39, 0.29) is 22.4 Å². The van der Waals surface area contributed by atoms with Crippen LogP contribution in [0.3, 0.4) is 0 Å². The quantitative estimate of drug-likeness (QED) is 0.780. The molecule has 2 rings (SSSR count). The van der Waals surface area contributed by atoms with E-state index in [1.807, 2.05) is 0 Å². The first kappa shape index (κ1) is 15.4. The molecule has 6 nitrogen and oxygen atoms in total. The Bertz CT molecular complexity index is 576. The number of carbonyl (C=O) groups excluding carboxylic acids is 1. The molecule has 1 fully saturated rings. The molecule has 0 aliphatic heterocycles. The molecule has 2 atom stereocenters. The maximum atomic E-state index is 11.8. The summed E-state index contributed by atoms with van der Waals surface area (Å²) >= 11 is 5.98. The summed E-state index contributed by atoms with van der Waals surface area (Å²) in [6, 6.07) is 2.27. The number of aromatic carboxylic acids is 1. The number of amides is 2. The summed E-state index contributed by atoms with van der Waals surface area (Å²) < 4.78 is 4.99. The van der Waals surface area contributed by atoms with Crippen molar-refractivity contribution in [2.45, 2.75) is 13.3 Å². The predicted molar refractivity (Wildman–Crippen MR) is 79.3 cm³/mol. The van der Waals surface area contributed by atoms with Crippen molar-refractivity contribution in [3.05, 3.63) is 22.7 Å². The monoisotopic (exact) mass is 312 g/mol. The molecule has 2 amide bonds. The third-order valence-electron chi connectivity index (χ3n) is 3.57. The molecule has 0 radical (unpaired) electrons. The largest absolute Gasteiger partial charge is 0.496 e. The Morgan fingerprint density at radius 3 is 2.67 bits per heavy atom. The number of rotatable bonds is 5. The summed E-state index contributed by atoms with van der Waals surface area (Å²) in [5, 5.41) is 14.5. The second-order valence-corrected chi connectivity index (χ2v) is 5.55. The van der Waals surface area contributed by atoms with E-state index >= 15 is 0 Å². The fourth-order valence-electron chi connectivity index (χ4n) is 2.06. The zero-order chi connectivity index (χ0) is 15.6. The van der Waals surface area contributed by atoms with E-state index in [9.17, 15) is 9.59 Å². The van der Waals surface area contributed by atoms with E-state index in [4.69, 9.17) is 21.4 Å². The topological polar surface area (TPSA) is 87.7 Å². The van der Waals surface area contributed by atoms with E-state index in [2.05, 4.69) is 17.6 Å². The van der Waals surface area contributed by atoms with Gasteiger partial charge in [-0.3, -0.25) is 0 Å². The van der Waals surface area contributed by atoms with Crippen molar-refractivity contribution in [3.63, 3.8) is 0 Å². The van der Waals surface area contributed by atoms with Crippen LogP contribution in [0.25, 0.3) is 0 Å². The predicted octanol–water partition coefficient (Wildman–Crippen LogP) is 2.82. The lowest BCUT2D eigenvalue weighted by Crippen LogP contribution is -2.30. The van der Waals surface area contributed by atoms with Crippen molar-refractivity contribution in [2.24, 2.45) is 11.8 Å². The van der Waals surface area contributed by atoms with Gasteiger partial charge in [0.1, 0.15) is 11.3 Å². The van der Waals surface area contributed by atoms with Gasteiger partial charge in [-0.1, -0.05) is 18.5 Å². The van der Waals surface area contributed by atoms with E-state index in [1.165, 1.54) is 19.2 Å². The molecule has 2 unspecified atom stereocenters. The molecule has 114 valence electrons. The minimum atomic E-state index is -1.15. The molecule has 0 heterocycles. The molecule has 1 saturated carbocycles. The number of hydrogen-bond acceptors (Lipinski definition) is 3. The van der Waals surface area contributed by atoms with Crippen molar-refractivity contribution in [1.29, 1.82) is 0 Å². The molecule has 1 aromatic rings. The summed E-state index contributed by atoms with van der Waals surface area (Å²) in [5.74, 6) is 0.185. The second kappa shape index (κ2) is 6.22. The highest BCUT2D eigenvalue weighted by molar-refractivity contribution is 6.34. The molecule has 0 bridgehead atoms. The summed E-state index contributed by atoms with van der Waals surface area (Å²) in [7, 11) is 1.36. The first-order valence-corrected chi connectivity index (χ1v) is 6.95. The van der Waals surface area contributed by atoms with Gasteiger partial charge in [0.2, 0.25) is 0 Å². The molecule has 1 aromatic carbocycles. The Morgan fingerprint density at radius 2 is 2.14 bits per heavy atom. The Balaban J connectivity index is 2.05. The second-order valence-electron chi connectivity index (χ2n) is 5.15. The SMILES string of the molecule is COc1cc(NC(=O)NCC2CC2C)c(Cl)cc1C(=O)O. The fraction of sp³-hybridized carbons (Fsp3) is 0.429. The van der Waals surface area contributed by atoms with Crippen LogP contribution < -0.4 is 15.4 Å². The Hall–Kier alpha value is -1.95. The minimum Gasteiger partial charge on any atom is -0.496 e. The minimum absolute atomic E-state index is 0.0553. The number of anilines is 1. The van der Waals surface area contributed by atoms with Crippen LogP contribution in [0, 0.1) is 11.8 Å². The standard InChI is InChI=1S/C14H17ClN2O4/c1-7-3-8(7)6-16-14(20)17-11-5-12(21-2)9(13(18)19)4-10(11)15/h4-5,7-8H,3,6H2,1-2H3,(H,18,19)(H2,16,17,20). The van der Waals surface area contributed by atoms with Gasteiger partial charge in [0.15, 0.2) is 0 Å². The number of nitrogens with one attached hydrogen (secondary N) is 2. The third-order valence-corrected chi connectivity index (χ3v) is 3.88.